The van der Waals surface area contributed by atoms with Crippen LogP contribution in [0.4, 0.5) is 0 Å². The molecule has 2 aliphatic heterocycles. The minimum Gasteiger partial charge on any atom is -0.342 e. The highest BCUT2D eigenvalue weighted by molar-refractivity contribution is 7.98. The van der Waals surface area contributed by atoms with Crippen molar-refractivity contribution in [2.75, 3.05) is 32.4 Å². The van der Waals surface area contributed by atoms with Gasteiger partial charge in [-0.15, -0.1) is 0 Å². The SMILES string of the molecule is CSc1ncc(Cl)c(C(=O)N2CCC(C(=O)N3CCCCCC3)CC2)n1. The Balaban J connectivity index is 1.59. The summed E-state index contributed by atoms with van der Waals surface area (Å²) in [6.45, 7) is 2.90. The Morgan fingerprint density at radius 1 is 1.08 bits per heavy atom. The standard InChI is InChI=1S/C18H25ClN4O2S/c1-26-18-20-12-14(19)15(21-18)17(25)23-10-6-13(7-11-23)16(24)22-8-4-2-3-5-9-22/h12-13H,2-11H2,1H3. The van der Waals surface area contributed by atoms with Crippen molar-refractivity contribution >= 4 is 35.2 Å². The first-order chi connectivity index (χ1) is 12.6. The second-order valence-corrected chi connectivity index (χ2v) is 8.04. The number of thioether (sulfide) groups is 1. The van der Waals surface area contributed by atoms with E-state index in [2.05, 4.69) is 9.97 Å². The third-order valence-corrected chi connectivity index (χ3v) is 5.99. The zero-order valence-corrected chi connectivity index (χ0v) is 16.7. The summed E-state index contributed by atoms with van der Waals surface area (Å²) < 4.78 is 0. The number of rotatable bonds is 3. The van der Waals surface area contributed by atoms with Crippen LogP contribution in [0.5, 0.6) is 0 Å². The van der Waals surface area contributed by atoms with Crippen molar-refractivity contribution in [2.45, 2.75) is 43.7 Å². The lowest BCUT2D eigenvalue weighted by Crippen LogP contribution is -2.45. The fourth-order valence-electron chi connectivity index (χ4n) is 3.63. The van der Waals surface area contributed by atoms with Crippen LogP contribution in [-0.4, -0.2) is 64.0 Å². The van der Waals surface area contributed by atoms with Crippen molar-refractivity contribution < 1.29 is 9.59 Å². The van der Waals surface area contributed by atoms with Gasteiger partial charge in [0.15, 0.2) is 10.9 Å². The number of likely N-dealkylation sites (tertiary alicyclic amines) is 2. The minimum atomic E-state index is -0.173. The van der Waals surface area contributed by atoms with Gasteiger partial charge in [0.1, 0.15) is 0 Å². The molecule has 0 unspecified atom stereocenters. The van der Waals surface area contributed by atoms with Crippen LogP contribution in [0.3, 0.4) is 0 Å². The fourth-order valence-corrected chi connectivity index (χ4v) is 4.14. The van der Waals surface area contributed by atoms with Crippen molar-refractivity contribution in [3.8, 4) is 0 Å². The van der Waals surface area contributed by atoms with Crippen LogP contribution in [0, 0.1) is 5.92 Å². The number of nitrogens with zero attached hydrogens (tertiary/aromatic N) is 4. The number of amides is 2. The monoisotopic (exact) mass is 396 g/mol. The maximum atomic E-state index is 12.8. The van der Waals surface area contributed by atoms with Gasteiger partial charge in [-0.2, -0.15) is 0 Å². The topological polar surface area (TPSA) is 66.4 Å². The second-order valence-electron chi connectivity index (χ2n) is 6.86. The Kier molecular flexibility index (Phi) is 6.75. The molecule has 0 atom stereocenters. The van der Waals surface area contributed by atoms with Gasteiger partial charge in [0.25, 0.3) is 5.91 Å². The molecule has 8 heteroatoms. The predicted octanol–water partition coefficient (Wildman–Crippen LogP) is 3.11. The van der Waals surface area contributed by atoms with Crippen LogP contribution in [0.1, 0.15) is 49.0 Å². The molecule has 6 nitrogen and oxygen atoms in total. The Labute approximate surface area is 163 Å². The molecule has 3 heterocycles. The highest BCUT2D eigenvalue weighted by Gasteiger charge is 2.31. The van der Waals surface area contributed by atoms with Crippen LogP contribution < -0.4 is 0 Å². The molecule has 1 aromatic heterocycles. The third kappa shape index (κ3) is 4.49. The molecule has 0 bridgehead atoms. The van der Waals surface area contributed by atoms with Gasteiger partial charge < -0.3 is 9.80 Å². The number of aromatic nitrogens is 2. The van der Waals surface area contributed by atoms with E-state index in [-0.39, 0.29) is 28.4 Å². The maximum Gasteiger partial charge on any atom is 0.274 e. The summed E-state index contributed by atoms with van der Waals surface area (Å²) in [7, 11) is 0. The number of carbonyl (C=O) groups is 2. The molecule has 0 aliphatic carbocycles. The average Bonchev–Trinajstić information content (AvgIpc) is 2.97. The molecule has 2 amide bonds. The molecule has 2 saturated heterocycles. The maximum absolute atomic E-state index is 12.8. The molecule has 26 heavy (non-hydrogen) atoms. The van der Waals surface area contributed by atoms with E-state index in [1.54, 1.807) is 4.90 Å². The normalized spacial score (nSPS) is 19.3. The molecule has 0 saturated carbocycles. The van der Waals surface area contributed by atoms with E-state index in [9.17, 15) is 9.59 Å². The Morgan fingerprint density at radius 2 is 1.73 bits per heavy atom. The van der Waals surface area contributed by atoms with E-state index < -0.39 is 0 Å². The van der Waals surface area contributed by atoms with Crippen LogP contribution in [0.25, 0.3) is 0 Å². The van der Waals surface area contributed by atoms with Gasteiger partial charge in [-0.05, 0) is 31.9 Å². The Morgan fingerprint density at radius 3 is 2.35 bits per heavy atom. The van der Waals surface area contributed by atoms with Crippen molar-refractivity contribution in [1.29, 1.82) is 0 Å². The average molecular weight is 397 g/mol. The van der Waals surface area contributed by atoms with Crippen molar-refractivity contribution in [3.05, 3.63) is 16.9 Å². The predicted molar refractivity (Wildman–Crippen MR) is 102 cm³/mol. The summed E-state index contributed by atoms with van der Waals surface area (Å²) >= 11 is 7.50. The molecular weight excluding hydrogens is 372 g/mol. The fraction of sp³-hybridized carbons (Fsp3) is 0.667. The number of halogens is 1. The van der Waals surface area contributed by atoms with Crippen LogP contribution in [-0.2, 0) is 4.79 Å². The van der Waals surface area contributed by atoms with Crippen molar-refractivity contribution in [1.82, 2.24) is 19.8 Å². The summed E-state index contributed by atoms with van der Waals surface area (Å²) in [5.74, 6) is 0.122. The quantitative estimate of drug-likeness (QED) is 0.580. The van der Waals surface area contributed by atoms with E-state index in [1.165, 1.54) is 30.8 Å². The third-order valence-electron chi connectivity index (χ3n) is 5.16. The second kappa shape index (κ2) is 9.04. The largest absolute Gasteiger partial charge is 0.342 e. The lowest BCUT2D eigenvalue weighted by atomic mass is 9.95. The van der Waals surface area contributed by atoms with Gasteiger partial charge in [0.2, 0.25) is 5.91 Å². The van der Waals surface area contributed by atoms with Crippen LogP contribution >= 0.6 is 23.4 Å². The molecule has 0 spiro atoms. The van der Waals surface area contributed by atoms with Gasteiger partial charge in [-0.1, -0.05) is 36.2 Å². The summed E-state index contributed by atoms with van der Waals surface area (Å²) in [5.41, 5.74) is 0.253. The molecule has 0 aromatic carbocycles. The van der Waals surface area contributed by atoms with Gasteiger partial charge >= 0.3 is 0 Å². The lowest BCUT2D eigenvalue weighted by molar-refractivity contribution is -0.136. The molecule has 2 aliphatic rings. The van der Waals surface area contributed by atoms with Gasteiger partial charge in [0, 0.05) is 32.1 Å². The van der Waals surface area contributed by atoms with E-state index in [0.29, 0.717) is 31.1 Å². The molecular formula is C18H25ClN4O2S. The highest BCUT2D eigenvalue weighted by Crippen LogP contribution is 2.24. The van der Waals surface area contributed by atoms with Gasteiger partial charge in [-0.25, -0.2) is 9.97 Å². The van der Waals surface area contributed by atoms with E-state index in [4.69, 9.17) is 11.6 Å². The molecule has 2 fully saturated rings. The first-order valence-corrected chi connectivity index (χ1v) is 10.8. The van der Waals surface area contributed by atoms with Crippen LogP contribution in [0.15, 0.2) is 11.4 Å². The summed E-state index contributed by atoms with van der Waals surface area (Å²) in [6, 6.07) is 0. The number of carbonyl (C=O) groups excluding carboxylic acids is 2. The van der Waals surface area contributed by atoms with Crippen LogP contribution in [0.2, 0.25) is 5.02 Å². The zero-order valence-electron chi connectivity index (χ0n) is 15.1. The lowest BCUT2D eigenvalue weighted by Gasteiger charge is -2.34. The first kappa shape index (κ1) is 19.4. The summed E-state index contributed by atoms with van der Waals surface area (Å²) in [6.07, 6.45) is 9.39. The van der Waals surface area contributed by atoms with E-state index in [1.807, 2.05) is 11.2 Å². The molecule has 0 N–H and O–H groups in total. The minimum absolute atomic E-state index is 0.0276. The van der Waals surface area contributed by atoms with E-state index in [0.717, 1.165) is 25.9 Å². The van der Waals surface area contributed by atoms with Crippen molar-refractivity contribution in [2.24, 2.45) is 5.92 Å². The van der Waals surface area contributed by atoms with Crippen molar-refractivity contribution in [3.63, 3.8) is 0 Å². The van der Waals surface area contributed by atoms with Gasteiger partial charge in [-0.3, -0.25) is 9.59 Å². The molecule has 3 rings (SSSR count). The Hall–Kier alpha value is -1.34. The number of piperidine rings is 1. The van der Waals surface area contributed by atoms with E-state index >= 15 is 0 Å². The molecule has 1 aromatic rings. The first-order valence-electron chi connectivity index (χ1n) is 9.24. The number of hydrogen-bond donors (Lipinski definition) is 0. The molecule has 142 valence electrons. The summed E-state index contributed by atoms with van der Waals surface area (Å²) in [4.78, 5) is 37.6. The van der Waals surface area contributed by atoms with Gasteiger partial charge in [0.05, 0.1) is 11.2 Å². The zero-order chi connectivity index (χ0) is 18.5. The smallest absolute Gasteiger partial charge is 0.274 e. The summed E-state index contributed by atoms with van der Waals surface area (Å²) in [5, 5.41) is 0.805. The molecule has 0 radical (unpaired) electrons. The number of hydrogen-bond acceptors (Lipinski definition) is 5. The Bertz CT molecular complexity index is 657. The highest BCUT2D eigenvalue weighted by atomic mass is 35.5.